The SMILES string of the molecule is CC/C=C\C/C=C\C/C=C\C/C=C\CCCCCCCCC(=O)OCC(COCCCCCCCCC/C=C\C/C=C\C/C=C\CCCCC)OC(=O)CCCCCCCCC/C=C\C/C=C\C/C=C\CC. The Kier molecular flexibility index (Phi) is 58.4. The maximum absolute atomic E-state index is 12.9. The molecule has 0 aliphatic heterocycles. The lowest BCUT2D eigenvalue weighted by atomic mass is 10.1. The molecule has 0 fully saturated rings. The molecule has 0 N–H and O–H groups in total. The molecule has 410 valence electrons. The molecule has 0 radical (unpaired) electrons. The van der Waals surface area contributed by atoms with Crippen LogP contribution in [0.25, 0.3) is 0 Å². The largest absolute Gasteiger partial charge is 0.462 e. The Morgan fingerprint density at radius 1 is 0.319 bits per heavy atom. The van der Waals surface area contributed by atoms with Crippen LogP contribution < -0.4 is 0 Å². The van der Waals surface area contributed by atoms with Crippen LogP contribution in [0.15, 0.2) is 122 Å². The highest BCUT2D eigenvalue weighted by Gasteiger charge is 2.17. The van der Waals surface area contributed by atoms with Gasteiger partial charge >= 0.3 is 11.9 Å². The van der Waals surface area contributed by atoms with Crippen LogP contribution in [0.1, 0.15) is 265 Å². The Labute approximate surface area is 446 Å². The third kappa shape index (κ3) is 58.9. The molecule has 0 saturated heterocycles. The first-order valence-corrected chi connectivity index (χ1v) is 30.1. The van der Waals surface area contributed by atoms with Gasteiger partial charge in [-0.1, -0.05) is 245 Å². The summed E-state index contributed by atoms with van der Waals surface area (Å²) in [5.74, 6) is -0.431. The van der Waals surface area contributed by atoms with E-state index in [-0.39, 0.29) is 25.2 Å². The van der Waals surface area contributed by atoms with Gasteiger partial charge in [0.15, 0.2) is 6.10 Å². The summed E-state index contributed by atoms with van der Waals surface area (Å²) in [6.07, 6.45) is 86.5. The minimum atomic E-state index is -0.563. The van der Waals surface area contributed by atoms with Crippen LogP contribution in [0.3, 0.4) is 0 Å². The van der Waals surface area contributed by atoms with Crippen LogP contribution in [-0.4, -0.2) is 37.9 Å². The average molecular weight is 998 g/mol. The summed E-state index contributed by atoms with van der Waals surface area (Å²) in [5.41, 5.74) is 0. The molecule has 5 nitrogen and oxygen atoms in total. The van der Waals surface area contributed by atoms with Crippen molar-refractivity contribution in [1.82, 2.24) is 0 Å². The van der Waals surface area contributed by atoms with Gasteiger partial charge in [-0.3, -0.25) is 9.59 Å². The Morgan fingerprint density at radius 2 is 0.625 bits per heavy atom. The molecule has 0 aliphatic rings. The average Bonchev–Trinajstić information content (AvgIpc) is 3.38. The van der Waals surface area contributed by atoms with Crippen molar-refractivity contribution in [3.05, 3.63) is 122 Å². The summed E-state index contributed by atoms with van der Waals surface area (Å²) in [7, 11) is 0. The first kappa shape index (κ1) is 68.3. The molecule has 0 heterocycles. The number of ether oxygens (including phenoxy) is 3. The van der Waals surface area contributed by atoms with Crippen LogP contribution in [0, 0.1) is 0 Å². The molecule has 0 aliphatic carbocycles. The maximum atomic E-state index is 12.9. The van der Waals surface area contributed by atoms with Gasteiger partial charge < -0.3 is 14.2 Å². The lowest BCUT2D eigenvalue weighted by Gasteiger charge is -2.18. The topological polar surface area (TPSA) is 61.8 Å². The zero-order chi connectivity index (χ0) is 52.0. The van der Waals surface area contributed by atoms with Gasteiger partial charge in [0.2, 0.25) is 0 Å². The van der Waals surface area contributed by atoms with E-state index in [1.807, 2.05) is 0 Å². The summed E-state index contributed by atoms with van der Waals surface area (Å²) in [4.78, 5) is 25.6. The fraction of sp³-hybridized carbons (Fsp3) is 0.672. The minimum Gasteiger partial charge on any atom is -0.462 e. The zero-order valence-corrected chi connectivity index (χ0v) is 47.2. The fourth-order valence-electron chi connectivity index (χ4n) is 8.05. The van der Waals surface area contributed by atoms with Crippen molar-refractivity contribution < 1.29 is 23.8 Å². The van der Waals surface area contributed by atoms with Crippen LogP contribution in [0.5, 0.6) is 0 Å². The van der Waals surface area contributed by atoms with E-state index < -0.39 is 6.10 Å². The van der Waals surface area contributed by atoms with Crippen LogP contribution in [0.4, 0.5) is 0 Å². The standard InChI is InChI=1S/C67H112O5/c1-4-7-10-13-16-19-22-25-28-31-33-35-38-41-44-47-50-53-56-59-62-70-63-65(72-67(69)61-58-55-52-49-46-43-40-36-30-27-24-21-18-15-12-9-6-3)64-71-66(68)60-57-54-51-48-45-42-39-37-34-32-29-26-23-20-17-14-11-8-5-2/h8-9,11-12,16-21,25-30,33-35,37,65H,4-7,10,13-15,22-24,31-32,36,38-64H2,1-3H3/b11-8-,12-9-,19-16-,20-17-,21-18-,28-25-,29-26-,30-27-,35-33-,37-34-. The molecule has 1 atom stereocenters. The number of carbonyl (C=O) groups is 2. The highest BCUT2D eigenvalue weighted by Crippen LogP contribution is 2.14. The summed E-state index contributed by atoms with van der Waals surface area (Å²) in [6, 6.07) is 0. The molecule has 72 heavy (non-hydrogen) atoms. The summed E-state index contributed by atoms with van der Waals surface area (Å²) in [5, 5.41) is 0. The van der Waals surface area contributed by atoms with Gasteiger partial charge in [0.25, 0.3) is 0 Å². The molecule has 0 aromatic heterocycles. The predicted octanol–water partition coefficient (Wildman–Crippen LogP) is 20.9. The molecule has 0 amide bonds. The van der Waals surface area contributed by atoms with Gasteiger partial charge in [0.1, 0.15) is 6.61 Å². The summed E-state index contributed by atoms with van der Waals surface area (Å²) < 4.78 is 17.5. The third-order valence-corrected chi connectivity index (χ3v) is 12.5. The highest BCUT2D eigenvalue weighted by atomic mass is 16.6. The van der Waals surface area contributed by atoms with E-state index in [0.717, 1.165) is 122 Å². The molecular formula is C67H112O5. The Morgan fingerprint density at radius 3 is 1.00 bits per heavy atom. The molecule has 0 bridgehead atoms. The van der Waals surface area contributed by atoms with Crippen LogP contribution >= 0.6 is 0 Å². The van der Waals surface area contributed by atoms with Crippen molar-refractivity contribution in [2.75, 3.05) is 19.8 Å². The van der Waals surface area contributed by atoms with Gasteiger partial charge in [0.05, 0.1) is 6.61 Å². The van der Waals surface area contributed by atoms with E-state index >= 15 is 0 Å². The first-order valence-electron chi connectivity index (χ1n) is 30.1. The number of rotatable bonds is 54. The number of hydrogen-bond acceptors (Lipinski definition) is 5. The Balaban J connectivity index is 4.37. The van der Waals surface area contributed by atoms with Gasteiger partial charge in [0, 0.05) is 19.4 Å². The number of carbonyl (C=O) groups excluding carboxylic acids is 2. The number of unbranched alkanes of at least 4 members (excludes halogenated alkanes) is 23. The molecule has 1 unspecified atom stereocenters. The molecule has 5 heteroatoms. The van der Waals surface area contributed by atoms with E-state index in [1.54, 1.807) is 0 Å². The van der Waals surface area contributed by atoms with Crippen LogP contribution in [-0.2, 0) is 23.8 Å². The van der Waals surface area contributed by atoms with Crippen molar-refractivity contribution in [2.45, 2.75) is 271 Å². The van der Waals surface area contributed by atoms with Crippen molar-refractivity contribution in [3.8, 4) is 0 Å². The van der Waals surface area contributed by atoms with Gasteiger partial charge in [-0.05, 0) is 128 Å². The van der Waals surface area contributed by atoms with Crippen molar-refractivity contribution >= 4 is 11.9 Å². The molecule has 0 aromatic rings. The summed E-state index contributed by atoms with van der Waals surface area (Å²) in [6.45, 7) is 7.54. The van der Waals surface area contributed by atoms with Crippen molar-refractivity contribution in [3.63, 3.8) is 0 Å². The highest BCUT2D eigenvalue weighted by molar-refractivity contribution is 5.70. The number of allylic oxidation sites excluding steroid dienone is 20. The third-order valence-electron chi connectivity index (χ3n) is 12.5. The van der Waals surface area contributed by atoms with Crippen LogP contribution in [0.2, 0.25) is 0 Å². The van der Waals surface area contributed by atoms with Crippen molar-refractivity contribution in [1.29, 1.82) is 0 Å². The predicted molar refractivity (Wildman–Crippen MR) is 316 cm³/mol. The monoisotopic (exact) mass is 997 g/mol. The quantitative estimate of drug-likeness (QED) is 0.0345. The Bertz CT molecular complexity index is 1450. The van der Waals surface area contributed by atoms with E-state index in [9.17, 15) is 9.59 Å². The Hall–Kier alpha value is -3.70. The van der Waals surface area contributed by atoms with E-state index in [4.69, 9.17) is 14.2 Å². The lowest BCUT2D eigenvalue weighted by Crippen LogP contribution is -2.30. The van der Waals surface area contributed by atoms with E-state index in [1.165, 1.54) is 109 Å². The maximum Gasteiger partial charge on any atom is 0.306 e. The number of hydrogen-bond donors (Lipinski definition) is 0. The van der Waals surface area contributed by atoms with Gasteiger partial charge in [-0.15, -0.1) is 0 Å². The molecule has 0 rings (SSSR count). The number of esters is 2. The smallest absolute Gasteiger partial charge is 0.306 e. The second-order valence-electron chi connectivity index (χ2n) is 19.5. The minimum absolute atomic E-state index is 0.0626. The van der Waals surface area contributed by atoms with Gasteiger partial charge in [-0.25, -0.2) is 0 Å². The molecule has 0 spiro atoms. The van der Waals surface area contributed by atoms with Gasteiger partial charge in [-0.2, -0.15) is 0 Å². The lowest BCUT2D eigenvalue weighted by molar-refractivity contribution is -0.163. The fourth-order valence-corrected chi connectivity index (χ4v) is 8.05. The first-order chi connectivity index (χ1) is 35.6. The zero-order valence-electron chi connectivity index (χ0n) is 47.2. The summed E-state index contributed by atoms with van der Waals surface area (Å²) >= 11 is 0. The van der Waals surface area contributed by atoms with Crippen molar-refractivity contribution in [2.24, 2.45) is 0 Å². The second kappa shape index (κ2) is 61.6. The molecule has 0 saturated carbocycles. The second-order valence-corrected chi connectivity index (χ2v) is 19.5. The van der Waals surface area contributed by atoms with E-state index in [2.05, 4.69) is 142 Å². The normalized spacial score (nSPS) is 13.1. The molecular weight excluding hydrogens is 885 g/mol. The molecule has 0 aromatic carbocycles. The van der Waals surface area contributed by atoms with E-state index in [0.29, 0.717) is 19.4 Å².